The summed E-state index contributed by atoms with van der Waals surface area (Å²) in [6, 6.07) is 7.33. The fourth-order valence-corrected chi connectivity index (χ4v) is 5.63. The standard InChI is InChI=1S/C26H42ClN3O4/c1-33-12-4-3-10-26(32,20-7-5-9-22(27)16-20)21-8-6-11-30(18-21)25(31)29-17-23(28)13-19-14-24(15-19)34-2/h5,7,9,16,19,21,23-24,32H,3-4,6,8,10-15,17-18,28H2,1-2H3,(H,29,31). The minimum absolute atomic E-state index is 0.0588. The van der Waals surface area contributed by atoms with Gasteiger partial charge in [0.15, 0.2) is 0 Å². The summed E-state index contributed by atoms with van der Waals surface area (Å²) < 4.78 is 10.5. The fourth-order valence-electron chi connectivity index (χ4n) is 5.44. The van der Waals surface area contributed by atoms with Crippen molar-refractivity contribution in [3.8, 4) is 0 Å². The minimum Gasteiger partial charge on any atom is -0.385 e. The third-order valence-electron chi connectivity index (χ3n) is 7.54. The van der Waals surface area contributed by atoms with Gasteiger partial charge in [-0.25, -0.2) is 4.79 Å². The second-order valence-corrected chi connectivity index (χ2v) is 10.5. The van der Waals surface area contributed by atoms with Crippen molar-refractivity contribution in [3.63, 3.8) is 0 Å². The lowest BCUT2D eigenvalue weighted by Gasteiger charge is -2.43. The van der Waals surface area contributed by atoms with Crippen molar-refractivity contribution in [1.29, 1.82) is 0 Å². The van der Waals surface area contributed by atoms with Crippen LogP contribution in [0.3, 0.4) is 0 Å². The average Bonchev–Trinajstić information content (AvgIpc) is 2.82. The predicted octanol–water partition coefficient (Wildman–Crippen LogP) is 3.91. The molecule has 2 aliphatic rings. The van der Waals surface area contributed by atoms with Gasteiger partial charge in [0.1, 0.15) is 0 Å². The van der Waals surface area contributed by atoms with Gasteiger partial charge in [0.2, 0.25) is 0 Å². The Balaban J connectivity index is 1.57. The largest absolute Gasteiger partial charge is 0.385 e. The average molecular weight is 496 g/mol. The Morgan fingerprint density at radius 2 is 2.15 bits per heavy atom. The fraction of sp³-hybridized carbons (Fsp3) is 0.731. The van der Waals surface area contributed by atoms with Gasteiger partial charge in [0.25, 0.3) is 0 Å². The summed E-state index contributed by atoms with van der Waals surface area (Å²) in [5.74, 6) is 0.518. The Morgan fingerprint density at radius 3 is 2.85 bits per heavy atom. The van der Waals surface area contributed by atoms with Gasteiger partial charge in [-0.3, -0.25) is 0 Å². The highest BCUT2D eigenvalue weighted by Crippen LogP contribution is 2.40. The molecule has 0 aromatic heterocycles. The molecule has 0 radical (unpaired) electrons. The van der Waals surface area contributed by atoms with Gasteiger partial charge >= 0.3 is 6.03 Å². The van der Waals surface area contributed by atoms with Crippen molar-refractivity contribution in [2.45, 2.75) is 69.1 Å². The Kier molecular flexibility index (Phi) is 10.5. The lowest BCUT2D eigenvalue weighted by atomic mass is 9.74. The molecule has 0 spiro atoms. The third kappa shape index (κ3) is 7.31. The number of methoxy groups -OCH3 is 2. The molecule has 1 aromatic carbocycles. The van der Waals surface area contributed by atoms with Crippen LogP contribution in [0.15, 0.2) is 24.3 Å². The number of likely N-dealkylation sites (tertiary alicyclic amines) is 1. The number of nitrogens with zero attached hydrogens (tertiary/aromatic N) is 1. The van der Waals surface area contributed by atoms with E-state index in [4.69, 9.17) is 26.8 Å². The van der Waals surface area contributed by atoms with Gasteiger partial charge in [-0.15, -0.1) is 0 Å². The summed E-state index contributed by atoms with van der Waals surface area (Å²) in [7, 11) is 3.44. The monoisotopic (exact) mass is 495 g/mol. The molecule has 3 unspecified atom stereocenters. The first-order valence-electron chi connectivity index (χ1n) is 12.6. The first-order valence-corrected chi connectivity index (χ1v) is 13.0. The number of nitrogens with one attached hydrogen (secondary N) is 1. The molecule has 7 nitrogen and oxygen atoms in total. The molecule has 1 aliphatic carbocycles. The molecular weight excluding hydrogens is 454 g/mol. The quantitative estimate of drug-likeness (QED) is 0.382. The first-order chi connectivity index (χ1) is 16.4. The van der Waals surface area contributed by atoms with Crippen LogP contribution in [0.25, 0.3) is 0 Å². The summed E-state index contributed by atoms with van der Waals surface area (Å²) in [5.41, 5.74) is 6.05. The van der Waals surface area contributed by atoms with Crippen molar-refractivity contribution in [3.05, 3.63) is 34.9 Å². The van der Waals surface area contributed by atoms with E-state index in [1.165, 1.54) is 0 Å². The topological polar surface area (TPSA) is 97.1 Å². The molecule has 192 valence electrons. The van der Waals surface area contributed by atoms with E-state index in [9.17, 15) is 9.90 Å². The molecule has 1 aliphatic heterocycles. The maximum atomic E-state index is 13.0. The number of urea groups is 1. The molecule has 3 atom stereocenters. The number of halogens is 1. The number of nitrogens with two attached hydrogens (primary N) is 1. The van der Waals surface area contributed by atoms with Gasteiger partial charge in [0, 0.05) is 57.4 Å². The number of hydrogen-bond acceptors (Lipinski definition) is 5. The molecule has 1 heterocycles. The number of benzene rings is 1. The molecule has 2 amide bonds. The van der Waals surface area contributed by atoms with Gasteiger partial charge in [-0.05, 0) is 75.0 Å². The van der Waals surface area contributed by atoms with Crippen molar-refractivity contribution in [2.24, 2.45) is 17.6 Å². The number of carbonyl (C=O) groups is 1. The highest BCUT2D eigenvalue weighted by atomic mass is 35.5. The Bertz CT molecular complexity index is 776. The molecular formula is C26H42ClN3O4. The van der Waals surface area contributed by atoms with Gasteiger partial charge in [-0.2, -0.15) is 0 Å². The molecule has 1 aromatic rings. The molecule has 4 N–H and O–H groups in total. The van der Waals surface area contributed by atoms with Crippen molar-refractivity contribution < 1.29 is 19.4 Å². The van der Waals surface area contributed by atoms with Crippen LogP contribution in [0.2, 0.25) is 5.02 Å². The van der Waals surface area contributed by atoms with Crippen LogP contribution in [-0.4, -0.2) is 68.6 Å². The van der Waals surface area contributed by atoms with Crippen LogP contribution in [0.1, 0.15) is 56.9 Å². The van der Waals surface area contributed by atoms with Crippen molar-refractivity contribution in [1.82, 2.24) is 10.2 Å². The van der Waals surface area contributed by atoms with Crippen molar-refractivity contribution >= 4 is 17.6 Å². The van der Waals surface area contributed by atoms with E-state index >= 15 is 0 Å². The summed E-state index contributed by atoms with van der Waals surface area (Å²) in [6.45, 7) is 2.32. The van der Waals surface area contributed by atoms with E-state index in [2.05, 4.69) is 5.32 Å². The van der Waals surface area contributed by atoms with Crippen LogP contribution in [-0.2, 0) is 15.1 Å². The smallest absolute Gasteiger partial charge is 0.317 e. The van der Waals surface area contributed by atoms with Crippen molar-refractivity contribution in [2.75, 3.05) is 40.5 Å². The number of aliphatic hydroxyl groups is 1. The molecule has 8 heteroatoms. The summed E-state index contributed by atoms with van der Waals surface area (Å²) >= 11 is 6.27. The summed E-state index contributed by atoms with van der Waals surface area (Å²) in [5, 5.41) is 15.6. The van der Waals surface area contributed by atoms with Gasteiger partial charge in [0.05, 0.1) is 11.7 Å². The van der Waals surface area contributed by atoms with E-state index in [0.717, 1.165) is 50.5 Å². The number of piperidine rings is 1. The zero-order valence-corrected chi connectivity index (χ0v) is 21.4. The predicted molar refractivity (Wildman–Crippen MR) is 135 cm³/mol. The maximum absolute atomic E-state index is 13.0. The van der Waals surface area contributed by atoms with Crippen LogP contribution in [0.5, 0.6) is 0 Å². The molecule has 1 saturated heterocycles. The SMILES string of the molecule is COCCCCC(O)(c1cccc(Cl)c1)C1CCCN(C(=O)NCC(N)CC2CC(OC)C2)C1. The zero-order valence-electron chi connectivity index (χ0n) is 20.7. The molecule has 1 saturated carbocycles. The molecule has 3 rings (SSSR count). The highest BCUT2D eigenvalue weighted by molar-refractivity contribution is 6.30. The molecule has 0 bridgehead atoms. The summed E-state index contributed by atoms with van der Waals surface area (Å²) in [4.78, 5) is 14.8. The lowest BCUT2D eigenvalue weighted by molar-refractivity contribution is -0.0563. The molecule has 34 heavy (non-hydrogen) atoms. The number of amides is 2. The second kappa shape index (κ2) is 13.1. The van der Waals surface area contributed by atoms with E-state index in [1.54, 1.807) is 14.2 Å². The van der Waals surface area contributed by atoms with E-state index in [1.807, 2.05) is 29.2 Å². The Hall–Kier alpha value is -1.38. The number of ether oxygens (including phenoxy) is 2. The number of hydrogen-bond donors (Lipinski definition) is 3. The maximum Gasteiger partial charge on any atom is 0.317 e. The van der Waals surface area contributed by atoms with Gasteiger partial charge in [-0.1, -0.05) is 23.7 Å². The van der Waals surface area contributed by atoms with Crippen LogP contribution in [0, 0.1) is 11.8 Å². The second-order valence-electron chi connectivity index (χ2n) is 10.0. The third-order valence-corrected chi connectivity index (χ3v) is 7.78. The minimum atomic E-state index is -1.05. The highest BCUT2D eigenvalue weighted by Gasteiger charge is 2.41. The van der Waals surface area contributed by atoms with Crippen LogP contribution >= 0.6 is 11.6 Å². The van der Waals surface area contributed by atoms with Gasteiger partial charge < -0.3 is 30.5 Å². The molecule has 2 fully saturated rings. The van der Waals surface area contributed by atoms with E-state index in [0.29, 0.717) is 49.7 Å². The number of carbonyl (C=O) groups excluding carboxylic acids is 1. The number of unbranched alkanes of at least 4 members (excludes halogenated alkanes) is 1. The Labute approximate surface area is 209 Å². The summed E-state index contributed by atoms with van der Waals surface area (Å²) in [6.07, 6.45) is 7.40. The zero-order chi connectivity index (χ0) is 24.6. The van der Waals surface area contributed by atoms with E-state index in [-0.39, 0.29) is 18.0 Å². The van der Waals surface area contributed by atoms with Crippen LogP contribution < -0.4 is 11.1 Å². The Morgan fingerprint density at radius 1 is 1.35 bits per heavy atom. The first kappa shape index (κ1) is 27.2. The normalized spacial score (nSPS) is 25.3. The van der Waals surface area contributed by atoms with Crippen LogP contribution in [0.4, 0.5) is 4.79 Å². The lowest BCUT2D eigenvalue weighted by Crippen LogP contribution is -2.52. The number of rotatable bonds is 12. The van der Waals surface area contributed by atoms with E-state index < -0.39 is 5.60 Å².